The van der Waals surface area contributed by atoms with Crippen molar-refractivity contribution >= 4 is 5.84 Å². The fourth-order valence-electron chi connectivity index (χ4n) is 2.75. The molecule has 5 nitrogen and oxygen atoms in total. The van der Waals surface area contributed by atoms with Crippen LogP contribution >= 0.6 is 0 Å². The summed E-state index contributed by atoms with van der Waals surface area (Å²) >= 11 is 0. The van der Waals surface area contributed by atoms with E-state index >= 15 is 0 Å². The predicted molar refractivity (Wildman–Crippen MR) is 79.2 cm³/mol. The molecule has 1 heterocycles. The van der Waals surface area contributed by atoms with Gasteiger partial charge in [-0.1, -0.05) is 18.5 Å². The summed E-state index contributed by atoms with van der Waals surface area (Å²) in [5.74, 6) is 1.77. The Hall–Kier alpha value is -1.75. The van der Waals surface area contributed by atoms with E-state index in [0.717, 1.165) is 42.4 Å². The van der Waals surface area contributed by atoms with E-state index < -0.39 is 0 Å². The van der Waals surface area contributed by atoms with Gasteiger partial charge in [0.05, 0.1) is 7.11 Å². The number of nitrogens with zero attached hydrogens (tertiary/aromatic N) is 2. The molecule has 1 saturated heterocycles. The molecule has 2 rings (SSSR count). The Labute approximate surface area is 120 Å². The normalized spacial score (nSPS) is 20.3. The van der Waals surface area contributed by atoms with Crippen molar-refractivity contribution in [3.8, 4) is 5.75 Å². The van der Waals surface area contributed by atoms with Crippen molar-refractivity contribution in [2.45, 2.75) is 26.3 Å². The molecular formula is C15H23N3O2. The van der Waals surface area contributed by atoms with Crippen LogP contribution in [0.25, 0.3) is 0 Å². The number of hydrogen-bond donors (Lipinski definition) is 2. The van der Waals surface area contributed by atoms with Crippen LogP contribution in [-0.4, -0.2) is 36.1 Å². The zero-order valence-electron chi connectivity index (χ0n) is 12.2. The third-order valence-electron chi connectivity index (χ3n) is 4.03. The highest BCUT2D eigenvalue weighted by Gasteiger charge is 2.22. The van der Waals surface area contributed by atoms with Crippen molar-refractivity contribution in [2.75, 3.05) is 20.2 Å². The van der Waals surface area contributed by atoms with Crippen molar-refractivity contribution in [2.24, 2.45) is 16.8 Å². The Morgan fingerprint density at radius 1 is 1.55 bits per heavy atom. The lowest BCUT2D eigenvalue weighted by Crippen LogP contribution is -2.21. The fraction of sp³-hybridized carbons (Fsp3) is 0.533. The van der Waals surface area contributed by atoms with E-state index in [2.05, 4.69) is 17.0 Å². The number of hydrogen-bond acceptors (Lipinski definition) is 4. The molecule has 1 atom stereocenters. The second kappa shape index (κ2) is 6.61. The van der Waals surface area contributed by atoms with E-state index in [1.165, 1.54) is 12.8 Å². The third kappa shape index (κ3) is 3.22. The first kappa shape index (κ1) is 14.7. The third-order valence-corrected chi connectivity index (χ3v) is 4.03. The van der Waals surface area contributed by atoms with E-state index in [0.29, 0.717) is 0 Å². The molecule has 1 aromatic rings. The maximum Gasteiger partial charge on any atom is 0.170 e. The maximum absolute atomic E-state index is 8.78. The van der Waals surface area contributed by atoms with Crippen LogP contribution in [0.4, 0.5) is 0 Å². The molecular weight excluding hydrogens is 254 g/mol. The lowest BCUT2D eigenvalue weighted by atomic mass is 10.1. The zero-order valence-corrected chi connectivity index (χ0v) is 12.2. The second-order valence-corrected chi connectivity index (χ2v) is 5.31. The van der Waals surface area contributed by atoms with Gasteiger partial charge in [-0.2, -0.15) is 0 Å². The van der Waals surface area contributed by atoms with Crippen molar-refractivity contribution in [1.82, 2.24) is 4.90 Å². The zero-order chi connectivity index (χ0) is 14.5. The van der Waals surface area contributed by atoms with Gasteiger partial charge < -0.3 is 15.7 Å². The van der Waals surface area contributed by atoms with Crippen LogP contribution in [0.1, 0.15) is 30.9 Å². The maximum atomic E-state index is 8.78. The summed E-state index contributed by atoms with van der Waals surface area (Å²) < 4.78 is 5.41. The van der Waals surface area contributed by atoms with Gasteiger partial charge in [0, 0.05) is 24.2 Å². The van der Waals surface area contributed by atoms with E-state index in [4.69, 9.17) is 15.7 Å². The minimum atomic E-state index is 0.127. The Morgan fingerprint density at radius 2 is 2.35 bits per heavy atom. The number of nitrogens with two attached hydrogens (primary N) is 1. The largest absolute Gasteiger partial charge is 0.496 e. The Balaban J connectivity index is 2.16. The second-order valence-electron chi connectivity index (χ2n) is 5.31. The van der Waals surface area contributed by atoms with E-state index in [1.54, 1.807) is 13.2 Å². The van der Waals surface area contributed by atoms with Gasteiger partial charge in [-0.3, -0.25) is 4.90 Å². The van der Waals surface area contributed by atoms with Gasteiger partial charge in [0.15, 0.2) is 5.84 Å². The monoisotopic (exact) mass is 277 g/mol. The number of benzene rings is 1. The minimum absolute atomic E-state index is 0.127. The summed E-state index contributed by atoms with van der Waals surface area (Å²) in [7, 11) is 1.67. The first-order valence-electron chi connectivity index (χ1n) is 7.05. The molecule has 5 heteroatoms. The number of oxime groups is 1. The van der Waals surface area contributed by atoms with Crippen LogP contribution in [0.2, 0.25) is 0 Å². The number of likely N-dealkylation sites (tertiary alicyclic amines) is 1. The molecule has 0 saturated carbocycles. The average Bonchev–Trinajstić information content (AvgIpc) is 2.94. The molecule has 0 aromatic heterocycles. The van der Waals surface area contributed by atoms with Gasteiger partial charge in [0.1, 0.15) is 5.75 Å². The summed E-state index contributed by atoms with van der Waals surface area (Å²) in [5.41, 5.74) is 7.45. The van der Waals surface area contributed by atoms with Gasteiger partial charge in [0.25, 0.3) is 0 Å². The SMILES string of the molecule is CCC1CCN(Cc2cc(/C(N)=N/O)ccc2OC)C1. The highest BCUT2D eigenvalue weighted by atomic mass is 16.5. The smallest absolute Gasteiger partial charge is 0.170 e. The van der Waals surface area contributed by atoms with Crippen LogP contribution in [0.5, 0.6) is 5.75 Å². The van der Waals surface area contributed by atoms with Crippen LogP contribution in [-0.2, 0) is 6.54 Å². The molecule has 0 spiro atoms. The van der Waals surface area contributed by atoms with Gasteiger partial charge in [0.2, 0.25) is 0 Å². The van der Waals surface area contributed by atoms with Crippen LogP contribution in [0.3, 0.4) is 0 Å². The number of methoxy groups -OCH3 is 1. The first-order valence-corrected chi connectivity index (χ1v) is 7.05. The molecule has 1 aliphatic rings. The molecule has 110 valence electrons. The topological polar surface area (TPSA) is 71.1 Å². The quantitative estimate of drug-likeness (QED) is 0.374. The molecule has 1 unspecified atom stereocenters. The Bertz CT molecular complexity index is 488. The van der Waals surface area contributed by atoms with Crippen molar-refractivity contribution in [1.29, 1.82) is 0 Å². The summed E-state index contributed by atoms with van der Waals surface area (Å²) in [5, 5.41) is 11.8. The molecule has 1 aliphatic heterocycles. The standard InChI is InChI=1S/C15H23N3O2/c1-3-11-6-7-18(9-11)10-13-8-12(15(16)17-19)4-5-14(13)20-2/h4-5,8,11,19H,3,6-7,9-10H2,1-2H3,(H2,16,17). The summed E-state index contributed by atoms with van der Waals surface area (Å²) in [4.78, 5) is 2.43. The van der Waals surface area contributed by atoms with Crippen molar-refractivity contribution < 1.29 is 9.94 Å². The summed E-state index contributed by atoms with van der Waals surface area (Å²) in [6, 6.07) is 5.61. The molecule has 20 heavy (non-hydrogen) atoms. The highest BCUT2D eigenvalue weighted by molar-refractivity contribution is 5.97. The first-order chi connectivity index (χ1) is 9.67. The lowest BCUT2D eigenvalue weighted by Gasteiger charge is -2.18. The molecule has 0 amide bonds. The van der Waals surface area contributed by atoms with Crippen molar-refractivity contribution in [3.63, 3.8) is 0 Å². The van der Waals surface area contributed by atoms with E-state index in [1.807, 2.05) is 12.1 Å². The van der Waals surface area contributed by atoms with E-state index in [9.17, 15) is 0 Å². The molecule has 0 aliphatic carbocycles. The number of rotatable bonds is 5. The molecule has 0 bridgehead atoms. The molecule has 1 aromatic carbocycles. The van der Waals surface area contributed by atoms with Crippen molar-refractivity contribution in [3.05, 3.63) is 29.3 Å². The van der Waals surface area contributed by atoms with Crippen LogP contribution in [0.15, 0.2) is 23.4 Å². The molecule has 1 fully saturated rings. The predicted octanol–water partition coefficient (Wildman–Crippen LogP) is 2.02. The lowest BCUT2D eigenvalue weighted by molar-refractivity contribution is 0.307. The number of ether oxygens (including phenoxy) is 1. The highest BCUT2D eigenvalue weighted by Crippen LogP contribution is 2.26. The number of amidine groups is 1. The molecule has 3 N–H and O–H groups in total. The van der Waals surface area contributed by atoms with Gasteiger partial charge >= 0.3 is 0 Å². The fourth-order valence-corrected chi connectivity index (χ4v) is 2.75. The molecule has 0 radical (unpaired) electrons. The van der Waals surface area contributed by atoms with Crippen LogP contribution in [0, 0.1) is 5.92 Å². The minimum Gasteiger partial charge on any atom is -0.496 e. The summed E-state index contributed by atoms with van der Waals surface area (Å²) in [6.45, 7) is 5.34. The van der Waals surface area contributed by atoms with Gasteiger partial charge in [-0.15, -0.1) is 0 Å². The Morgan fingerprint density at radius 3 is 2.95 bits per heavy atom. The average molecular weight is 277 g/mol. The van der Waals surface area contributed by atoms with E-state index in [-0.39, 0.29) is 5.84 Å². The van der Waals surface area contributed by atoms with Gasteiger partial charge in [-0.05, 0) is 37.1 Å². The van der Waals surface area contributed by atoms with Crippen LogP contribution < -0.4 is 10.5 Å². The van der Waals surface area contributed by atoms with Gasteiger partial charge in [-0.25, -0.2) is 0 Å². The Kier molecular flexibility index (Phi) is 4.84. The summed E-state index contributed by atoms with van der Waals surface area (Å²) in [6.07, 6.45) is 2.50.